The summed E-state index contributed by atoms with van der Waals surface area (Å²) in [5.74, 6) is 0.828. The molecule has 1 aromatic carbocycles. The molecule has 118 valence electrons. The number of nitrogens with zero attached hydrogens (tertiary/aromatic N) is 2. The molecule has 1 amide bonds. The third-order valence-corrected chi connectivity index (χ3v) is 2.86. The highest BCUT2D eigenvalue weighted by atomic mass is 16.6. The van der Waals surface area contributed by atoms with E-state index < -0.39 is 17.7 Å². The van der Waals surface area contributed by atoms with Crippen molar-refractivity contribution in [2.24, 2.45) is 0 Å². The van der Waals surface area contributed by atoms with Crippen LogP contribution in [-0.2, 0) is 4.74 Å². The number of carbonyl (C=O) groups excluding carboxylic acids is 1. The fourth-order valence-electron chi connectivity index (χ4n) is 1.78. The summed E-state index contributed by atoms with van der Waals surface area (Å²) >= 11 is 0. The van der Waals surface area contributed by atoms with Crippen LogP contribution < -0.4 is 5.32 Å². The molecule has 0 fully saturated rings. The van der Waals surface area contributed by atoms with E-state index in [0.29, 0.717) is 11.7 Å². The molecule has 0 radical (unpaired) electrons. The van der Waals surface area contributed by atoms with Crippen molar-refractivity contribution in [1.29, 1.82) is 0 Å². The largest absolute Gasteiger partial charge is 0.444 e. The van der Waals surface area contributed by atoms with Crippen LogP contribution in [0.4, 0.5) is 4.79 Å². The maximum Gasteiger partial charge on any atom is 0.408 e. The Labute approximate surface area is 129 Å². The van der Waals surface area contributed by atoms with Crippen molar-refractivity contribution in [3.05, 3.63) is 35.7 Å². The van der Waals surface area contributed by atoms with Crippen molar-refractivity contribution in [2.45, 2.75) is 46.3 Å². The average molecular weight is 303 g/mol. The number of benzene rings is 1. The van der Waals surface area contributed by atoms with E-state index in [9.17, 15) is 4.79 Å². The molecule has 22 heavy (non-hydrogen) atoms. The number of aryl methyl sites for hydroxylation is 1. The van der Waals surface area contributed by atoms with Gasteiger partial charge < -0.3 is 14.6 Å². The first-order valence-electron chi connectivity index (χ1n) is 7.15. The molecule has 0 aliphatic carbocycles. The molecular weight excluding hydrogens is 282 g/mol. The molecule has 1 N–H and O–H groups in total. The summed E-state index contributed by atoms with van der Waals surface area (Å²) in [6, 6.07) is 7.38. The van der Waals surface area contributed by atoms with Gasteiger partial charge in [0, 0.05) is 5.56 Å². The zero-order valence-electron chi connectivity index (χ0n) is 13.5. The highest BCUT2D eigenvalue weighted by Crippen LogP contribution is 2.19. The number of rotatable bonds is 3. The van der Waals surface area contributed by atoms with Crippen LogP contribution in [0.2, 0.25) is 0 Å². The van der Waals surface area contributed by atoms with Gasteiger partial charge in [0.25, 0.3) is 0 Å². The molecule has 0 bridgehead atoms. The summed E-state index contributed by atoms with van der Waals surface area (Å²) < 4.78 is 10.4. The molecule has 1 aromatic heterocycles. The second kappa shape index (κ2) is 6.17. The average Bonchev–Trinajstić information content (AvgIpc) is 2.86. The Morgan fingerprint density at radius 3 is 2.50 bits per heavy atom. The van der Waals surface area contributed by atoms with Gasteiger partial charge in [0.1, 0.15) is 11.6 Å². The first kappa shape index (κ1) is 16.0. The second-order valence-corrected chi connectivity index (χ2v) is 6.19. The van der Waals surface area contributed by atoms with Crippen molar-refractivity contribution < 1.29 is 14.1 Å². The van der Waals surface area contributed by atoms with Gasteiger partial charge in [-0.2, -0.15) is 4.98 Å². The molecule has 6 nitrogen and oxygen atoms in total. The first-order chi connectivity index (χ1) is 10.2. The Kier molecular flexibility index (Phi) is 4.49. The van der Waals surface area contributed by atoms with Crippen molar-refractivity contribution >= 4 is 6.09 Å². The summed E-state index contributed by atoms with van der Waals surface area (Å²) in [4.78, 5) is 16.0. The third-order valence-electron chi connectivity index (χ3n) is 2.86. The van der Waals surface area contributed by atoms with E-state index in [1.165, 1.54) is 0 Å². The van der Waals surface area contributed by atoms with E-state index >= 15 is 0 Å². The van der Waals surface area contributed by atoms with Gasteiger partial charge in [0.05, 0.1) is 0 Å². The van der Waals surface area contributed by atoms with E-state index in [2.05, 4.69) is 15.5 Å². The third kappa shape index (κ3) is 4.31. The van der Waals surface area contributed by atoms with E-state index in [0.717, 1.165) is 11.1 Å². The normalized spacial score (nSPS) is 12.8. The molecule has 0 aliphatic heterocycles. The molecule has 2 aromatic rings. The quantitative estimate of drug-likeness (QED) is 0.936. The molecule has 0 aliphatic rings. The minimum absolute atomic E-state index is 0.335. The highest BCUT2D eigenvalue weighted by molar-refractivity contribution is 5.68. The number of carbonyl (C=O) groups is 1. The van der Waals surface area contributed by atoms with Gasteiger partial charge >= 0.3 is 6.09 Å². The summed E-state index contributed by atoms with van der Waals surface area (Å²) in [5.41, 5.74) is 1.48. The Bertz CT molecular complexity index is 641. The first-order valence-corrected chi connectivity index (χ1v) is 7.15. The monoisotopic (exact) mass is 303 g/mol. The Balaban J connectivity index is 2.04. The standard InChI is InChI=1S/C16H21N3O3/c1-10-6-8-12(9-7-10)13-18-14(22-19-13)11(2)17-15(20)21-16(3,4)5/h6-9,11H,1-5H3,(H,17,20)/t11-/m0/s1. The molecular formula is C16H21N3O3. The van der Waals surface area contributed by atoms with Crippen LogP contribution >= 0.6 is 0 Å². The molecule has 1 atom stereocenters. The topological polar surface area (TPSA) is 77.2 Å². The number of amides is 1. The van der Waals surface area contributed by atoms with Crippen LogP contribution in [0.3, 0.4) is 0 Å². The van der Waals surface area contributed by atoms with Crippen LogP contribution in [-0.4, -0.2) is 21.8 Å². The number of hydrogen-bond acceptors (Lipinski definition) is 5. The molecule has 2 rings (SSSR count). The number of nitrogens with one attached hydrogen (secondary N) is 1. The maximum absolute atomic E-state index is 11.7. The Morgan fingerprint density at radius 1 is 1.27 bits per heavy atom. The van der Waals surface area contributed by atoms with Crippen LogP contribution in [0.1, 0.15) is 45.2 Å². The van der Waals surface area contributed by atoms with E-state index in [-0.39, 0.29) is 0 Å². The van der Waals surface area contributed by atoms with Gasteiger partial charge in [-0.3, -0.25) is 0 Å². The SMILES string of the molecule is Cc1ccc(-c2noc([C@H](C)NC(=O)OC(C)(C)C)n2)cc1. The minimum Gasteiger partial charge on any atom is -0.444 e. The fourth-order valence-corrected chi connectivity index (χ4v) is 1.78. The summed E-state index contributed by atoms with van der Waals surface area (Å²) in [5, 5.41) is 6.61. The lowest BCUT2D eigenvalue weighted by Crippen LogP contribution is -2.34. The molecule has 6 heteroatoms. The van der Waals surface area contributed by atoms with Crippen molar-refractivity contribution in [1.82, 2.24) is 15.5 Å². The minimum atomic E-state index is -0.550. The van der Waals surface area contributed by atoms with Gasteiger partial charge in [-0.1, -0.05) is 35.0 Å². The van der Waals surface area contributed by atoms with E-state index in [4.69, 9.17) is 9.26 Å². The molecule has 0 saturated heterocycles. The predicted molar refractivity (Wildman–Crippen MR) is 82.3 cm³/mol. The Morgan fingerprint density at radius 2 is 1.91 bits per heavy atom. The van der Waals surface area contributed by atoms with Crippen LogP contribution in [0.5, 0.6) is 0 Å². The van der Waals surface area contributed by atoms with Crippen molar-refractivity contribution in [2.75, 3.05) is 0 Å². The van der Waals surface area contributed by atoms with Crippen LogP contribution in [0, 0.1) is 6.92 Å². The van der Waals surface area contributed by atoms with Crippen molar-refractivity contribution in [3.8, 4) is 11.4 Å². The molecule has 0 spiro atoms. The summed E-state index contributed by atoms with van der Waals surface area (Å²) in [6.07, 6.45) is -0.518. The lowest BCUT2D eigenvalue weighted by atomic mass is 10.1. The van der Waals surface area contributed by atoms with Crippen LogP contribution in [0.15, 0.2) is 28.8 Å². The lowest BCUT2D eigenvalue weighted by Gasteiger charge is -2.20. The van der Waals surface area contributed by atoms with Gasteiger partial charge in [0.15, 0.2) is 0 Å². The van der Waals surface area contributed by atoms with E-state index in [1.807, 2.05) is 31.2 Å². The second-order valence-electron chi connectivity index (χ2n) is 6.19. The number of alkyl carbamates (subject to hydrolysis) is 1. The van der Waals surface area contributed by atoms with Gasteiger partial charge in [-0.05, 0) is 34.6 Å². The summed E-state index contributed by atoms with van der Waals surface area (Å²) in [7, 11) is 0. The zero-order chi connectivity index (χ0) is 16.3. The summed E-state index contributed by atoms with van der Waals surface area (Å²) in [6.45, 7) is 9.19. The maximum atomic E-state index is 11.7. The van der Waals surface area contributed by atoms with E-state index in [1.54, 1.807) is 27.7 Å². The van der Waals surface area contributed by atoms with Crippen molar-refractivity contribution in [3.63, 3.8) is 0 Å². The van der Waals surface area contributed by atoms with Crippen LogP contribution in [0.25, 0.3) is 11.4 Å². The number of aromatic nitrogens is 2. The lowest BCUT2D eigenvalue weighted by molar-refractivity contribution is 0.0499. The van der Waals surface area contributed by atoms with Gasteiger partial charge in [0.2, 0.25) is 11.7 Å². The Hall–Kier alpha value is -2.37. The predicted octanol–water partition coefficient (Wildman–Crippen LogP) is 3.63. The molecule has 0 unspecified atom stereocenters. The van der Waals surface area contributed by atoms with Gasteiger partial charge in [-0.15, -0.1) is 0 Å². The zero-order valence-corrected chi connectivity index (χ0v) is 13.5. The number of ether oxygens (including phenoxy) is 1. The smallest absolute Gasteiger partial charge is 0.408 e. The molecule has 1 heterocycles. The number of hydrogen-bond donors (Lipinski definition) is 1. The highest BCUT2D eigenvalue weighted by Gasteiger charge is 2.21. The fraction of sp³-hybridized carbons (Fsp3) is 0.438. The molecule has 0 saturated carbocycles. The van der Waals surface area contributed by atoms with Gasteiger partial charge in [-0.25, -0.2) is 4.79 Å².